The van der Waals surface area contributed by atoms with Crippen LogP contribution in [0.5, 0.6) is 5.75 Å². The van der Waals surface area contributed by atoms with Crippen LogP contribution in [0.25, 0.3) is 0 Å². The lowest BCUT2D eigenvalue weighted by atomic mass is 9.89. The molecule has 0 spiro atoms. The Morgan fingerprint density at radius 3 is 2.82 bits per heavy atom. The molecule has 2 heterocycles. The third-order valence-electron chi connectivity index (χ3n) is 5.08. The van der Waals surface area contributed by atoms with E-state index in [2.05, 4.69) is 4.98 Å². The second-order valence-corrected chi connectivity index (χ2v) is 8.89. The summed E-state index contributed by atoms with van der Waals surface area (Å²) in [5.74, 6) is -1.30. The number of carbonyl (C=O) groups excluding carboxylic acids is 1. The Labute approximate surface area is 203 Å². The van der Waals surface area contributed by atoms with Gasteiger partial charge in [0.15, 0.2) is 6.61 Å². The summed E-state index contributed by atoms with van der Waals surface area (Å²) in [6, 6.07) is 8.29. The van der Waals surface area contributed by atoms with Crippen molar-refractivity contribution in [3.8, 4) is 5.75 Å². The monoisotopic (exact) mass is 506 g/mol. The smallest absolute Gasteiger partial charge is 0.482 e. The van der Waals surface area contributed by atoms with Crippen LogP contribution in [0.3, 0.4) is 0 Å². The highest BCUT2D eigenvalue weighted by Crippen LogP contribution is 2.41. The van der Waals surface area contributed by atoms with Gasteiger partial charge in [0.1, 0.15) is 23.2 Å². The van der Waals surface area contributed by atoms with Crippen LogP contribution in [0.2, 0.25) is 5.02 Å². The van der Waals surface area contributed by atoms with Gasteiger partial charge in [-0.05, 0) is 54.8 Å². The Kier molecular flexibility index (Phi) is 7.30. The number of aromatic nitrogens is 1. The van der Waals surface area contributed by atoms with Crippen LogP contribution in [-0.2, 0) is 27.4 Å². The van der Waals surface area contributed by atoms with Crippen molar-refractivity contribution in [1.82, 2.24) is 10.0 Å². The van der Waals surface area contributed by atoms with Crippen molar-refractivity contribution < 1.29 is 33.4 Å². The van der Waals surface area contributed by atoms with Crippen molar-refractivity contribution in [2.75, 3.05) is 13.2 Å². The zero-order valence-electron chi connectivity index (χ0n) is 18.0. The number of carboxylic acid groups (broad SMARTS) is 1. The molecule has 1 aliphatic rings. The number of aryl methyl sites for hydroxylation is 1. The van der Waals surface area contributed by atoms with E-state index in [4.69, 9.17) is 31.0 Å². The van der Waals surface area contributed by atoms with Gasteiger partial charge in [-0.25, -0.2) is 19.0 Å². The van der Waals surface area contributed by atoms with Gasteiger partial charge in [0, 0.05) is 28.2 Å². The summed E-state index contributed by atoms with van der Waals surface area (Å²) in [4.78, 5) is 33.3. The van der Waals surface area contributed by atoms with Gasteiger partial charge in [-0.2, -0.15) is 0 Å². The maximum Gasteiger partial charge on any atom is 0.528 e. The normalized spacial score (nSPS) is 15.4. The van der Waals surface area contributed by atoms with E-state index in [0.717, 1.165) is 11.3 Å². The van der Waals surface area contributed by atoms with E-state index in [1.807, 2.05) is 12.3 Å². The zero-order chi connectivity index (χ0) is 24.2. The van der Waals surface area contributed by atoms with Crippen LogP contribution in [-0.4, -0.2) is 40.4 Å². The first-order valence-electron chi connectivity index (χ1n) is 10.2. The molecule has 0 aliphatic carbocycles. The summed E-state index contributed by atoms with van der Waals surface area (Å²) in [7, 11) is 0. The molecule has 0 fully saturated rings. The second kappa shape index (κ2) is 10.4. The van der Waals surface area contributed by atoms with Crippen molar-refractivity contribution in [3.05, 3.63) is 80.0 Å². The first-order chi connectivity index (χ1) is 16.3. The molecule has 1 aliphatic heterocycles. The van der Waals surface area contributed by atoms with Crippen LogP contribution in [0.1, 0.15) is 33.4 Å². The fourth-order valence-corrected chi connectivity index (χ4v) is 4.57. The number of carboxylic acids is 1. The summed E-state index contributed by atoms with van der Waals surface area (Å²) in [5, 5.41) is 13.3. The number of aliphatic carboxylic acids is 1. The molecular weight excluding hydrogens is 487 g/mol. The lowest BCUT2D eigenvalue weighted by Gasteiger charge is -2.36. The molecule has 0 saturated heterocycles. The molecule has 3 aromatic rings. The van der Waals surface area contributed by atoms with Crippen LogP contribution in [0.4, 0.5) is 9.18 Å². The highest BCUT2D eigenvalue weighted by Gasteiger charge is 2.34. The van der Waals surface area contributed by atoms with E-state index in [1.54, 1.807) is 24.3 Å². The maximum absolute atomic E-state index is 13.9. The molecule has 0 unspecified atom stereocenters. The first kappa shape index (κ1) is 23.9. The molecule has 0 amide bonds. The van der Waals surface area contributed by atoms with Gasteiger partial charge in [0.2, 0.25) is 0 Å². The molecule has 34 heavy (non-hydrogen) atoms. The minimum Gasteiger partial charge on any atom is -0.482 e. The molecule has 4 rings (SSSR count). The number of hydroxylamine groups is 2. The quantitative estimate of drug-likeness (QED) is 0.451. The van der Waals surface area contributed by atoms with E-state index in [1.165, 1.54) is 28.5 Å². The lowest BCUT2D eigenvalue weighted by molar-refractivity contribution is -0.152. The number of ether oxygens (including phenoxy) is 2. The number of rotatable bonds is 7. The van der Waals surface area contributed by atoms with E-state index < -0.39 is 30.6 Å². The fourth-order valence-electron chi connectivity index (χ4n) is 3.71. The maximum atomic E-state index is 13.9. The summed E-state index contributed by atoms with van der Waals surface area (Å²) in [5.41, 5.74) is 2.68. The van der Waals surface area contributed by atoms with Gasteiger partial charge < -0.3 is 19.4 Å². The van der Waals surface area contributed by atoms with E-state index in [9.17, 15) is 14.0 Å². The minimum absolute atomic E-state index is 0.0399. The lowest BCUT2D eigenvalue weighted by Crippen LogP contribution is -2.38. The van der Waals surface area contributed by atoms with Crippen molar-refractivity contribution in [2.24, 2.45) is 0 Å². The number of fused-ring (bicyclic) bond motifs is 1. The van der Waals surface area contributed by atoms with Crippen LogP contribution in [0, 0.1) is 12.7 Å². The van der Waals surface area contributed by atoms with Crippen molar-refractivity contribution >= 4 is 35.1 Å². The highest BCUT2D eigenvalue weighted by molar-refractivity contribution is 7.09. The first-order valence-corrected chi connectivity index (χ1v) is 11.5. The zero-order valence-corrected chi connectivity index (χ0v) is 19.6. The predicted octanol–water partition coefficient (Wildman–Crippen LogP) is 4.92. The SMILES string of the molecule is Cc1csc(COC(=O)ON2CCc3cc(F)ccc3[C@H]2c2cc(Cl)ccc2OCC(=O)O)n1. The average Bonchev–Trinajstić information content (AvgIpc) is 3.22. The van der Waals surface area contributed by atoms with Crippen molar-refractivity contribution in [2.45, 2.75) is 26.0 Å². The minimum atomic E-state index is -1.15. The van der Waals surface area contributed by atoms with Gasteiger partial charge in [-0.3, -0.25) is 0 Å². The van der Waals surface area contributed by atoms with E-state index >= 15 is 0 Å². The summed E-state index contributed by atoms with van der Waals surface area (Å²) in [6.07, 6.45) is -0.521. The van der Waals surface area contributed by atoms with Crippen LogP contribution in [0.15, 0.2) is 41.8 Å². The third kappa shape index (κ3) is 5.64. The molecule has 8 nitrogen and oxygen atoms in total. The third-order valence-corrected chi connectivity index (χ3v) is 6.25. The molecular formula is C23H20ClFN2O6S. The van der Waals surface area contributed by atoms with Crippen LogP contribution < -0.4 is 4.74 Å². The van der Waals surface area contributed by atoms with E-state index in [0.29, 0.717) is 27.6 Å². The highest BCUT2D eigenvalue weighted by atomic mass is 35.5. The van der Waals surface area contributed by atoms with E-state index in [-0.39, 0.29) is 18.9 Å². The average molecular weight is 507 g/mol. The standard InChI is InChI=1S/C23H20ClFN2O6S/c1-13-12-34-20(26-13)10-32-23(30)33-27-7-6-14-8-16(25)3-4-17(14)22(27)18-9-15(24)2-5-19(18)31-11-21(28)29/h2-5,8-9,12,22H,6-7,10-11H2,1H3,(H,28,29)/t22-/m0/s1. The van der Waals surface area contributed by atoms with Gasteiger partial charge in [-0.15, -0.1) is 16.4 Å². The number of hydrogen-bond donors (Lipinski definition) is 1. The Morgan fingerprint density at radius 2 is 2.09 bits per heavy atom. The van der Waals surface area contributed by atoms with Gasteiger partial charge in [-0.1, -0.05) is 17.7 Å². The van der Waals surface area contributed by atoms with Gasteiger partial charge in [0.25, 0.3) is 0 Å². The molecule has 0 bridgehead atoms. The molecule has 11 heteroatoms. The molecule has 2 aromatic carbocycles. The molecule has 1 aromatic heterocycles. The number of nitrogens with zero attached hydrogens (tertiary/aromatic N) is 2. The number of hydrogen-bond acceptors (Lipinski definition) is 8. The number of benzene rings is 2. The topological polar surface area (TPSA) is 98.2 Å². The summed E-state index contributed by atoms with van der Waals surface area (Å²) >= 11 is 7.60. The second-order valence-electron chi connectivity index (χ2n) is 7.51. The summed E-state index contributed by atoms with van der Waals surface area (Å²) in [6.45, 7) is 1.46. The molecule has 1 atom stereocenters. The number of carbonyl (C=O) groups is 2. The number of thiazole rings is 1. The van der Waals surface area contributed by atoms with Crippen molar-refractivity contribution in [3.63, 3.8) is 0 Å². The largest absolute Gasteiger partial charge is 0.528 e. The Hall–Kier alpha value is -3.21. The molecule has 1 N–H and O–H groups in total. The Bertz CT molecular complexity index is 1220. The predicted molar refractivity (Wildman–Crippen MR) is 121 cm³/mol. The van der Waals surface area contributed by atoms with Crippen molar-refractivity contribution in [1.29, 1.82) is 0 Å². The van der Waals surface area contributed by atoms with Crippen LogP contribution >= 0.6 is 22.9 Å². The van der Waals surface area contributed by atoms with Gasteiger partial charge >= 0.3 is 12.1 Å². The molecule has 178 valence electrons. The Balaban J connectivity index is 1.64. The Morgan fingerprint density at radius 1 is 1.26 bits per heavy atom. The fraction of sp³-hybridized carbons (Fsp3) is 0.261. The molecule has 0 saturated carbocycles. The van der Waals surface area contributed by atoms with Gasteiger partial charge in [0.05, 0.1) is 6.04 Å². The molecule has 0 radical (unpaired) electrons. The summed E-state index contributed by atoms with van der Waals surface area (Å²) < 4.78 is 24.6. The number of halogens is 2.